The number of rotatable bonds is 2. The van der Waals surface area contributed by atoms with Gasteiger partial charge in [-0.1, -0.05) is 0 Å². The van der Waals surface area contributed by atoms with Crippen molar-refractivity contribution in [2.24, 2.45) is 0 Å². The number of fused-ring (bicyclic) bond motifs is 1. The number of anilines is 1. The zero-order valence-electron chi connectivity index (χ0n) is 9.30. The Morgan fingerprint density at radius 2 is 2.35 bits per heavy atom. The topological polar surface area (TPSA) is 78.7 Å². The molecule has 0 fully saturated rings. The number of aromatic nitrogens is 4. The van der Waals surface area contributed by atoms with E-state index in [2.05, 4.69) is 10.1 Å². The van der Waals surface area contributed by atoms with E-state index in [9.17, 15) is 4.79 Å². The first-order chi connectivity index (χ1) is 8.24. The Morgan fingerprint density at radius 1 is 1.47 bits per heavy atom. The van der Waals surface area contributed by atoms with E-state index < -0.39 is 0 Å². The number of nitrogens with two attached hydrogens (primary N) is 1. The average molecular weight is 251 g/mol. The summed E-state index contributed by atoms with van der Waals surface area (Å²) in [7, 11) is 0. The smallest absolute Gasteiger partial charge is 0.346 e. The third-order valence-corrected chi connectivity index (χ3v) is 3.64. The maximum atomic E-state index is 12.0. The fraction of sp³-hybridized carbons (Fsp3) is 0.500. The van der Waals surface area contributed by atoms with Gasteiger partial charge in [0.2, 0.25) is 0 Å². The highest BCUT2D eigenvalue weighted by Gasteiger charge is 2.16. The van der Waals surface area contributed by atoms with Crippen molar-refractivity contribution in [1.82, 2.24) is 19.3 Å². The van der Waals surface area contributed by atoms with Crippen LogP contribution in [0.15, 0.2) is 10.2 Å². The molecule has 0 amide bonds. The lowest BCUT2D eigenvalue weighted by Crippen LogP contribution is -2.27. The molecular formula is C10H13N5OS. The van der Waals surface area contributed by atoms with Gasteiger partial charge in [0.25, 0.3) is 0 Å². The normalized spacial score (nSPS) is 14.8. The van der Waals surface area contributed by atoms with Gasteiger partial charge in [0.1, 0.15) is 5.82 Å². The Kier molecular flexibility index (Phi) is 2.47. The molecule has 2 N–H and O–H groups in total. The summed E-state index contributed by atoms with van der Waals surface area (Å²) >= 11 is 1.38. The van der Waals surface area contributed by atoms with Crippen LogP contribution in [0.2, 0.25) is 0 Å². The number of nitrogen functional groups attached to an aromatic ring is 1. The van der Waals surface area contributed by atoms with Crippen molar-refractivity contribution in [3.63, 3.8) is 0 Å². The first kappa shape index (κ1) is 10.5. The predicted molar refractivity (Wildman–Crippen MR) is 65.1 cm³/mol. The van der Waals surface area contributed by atoms with Gasteiger partial charge >= 0.3 is 5.69 Å². The summed E-state index contributed by atoms with van der Waals surface area (Å²) in [6.45, 7) is 1.19. The quantitative estimate of drug-likeness (QED) is 0.841. The van der Waals surface area contributed by atoms with E-state index in [1.54, 1.807) is 4.57 Å². The van der Waals surface area contributed by atoms with E-state index in [4.69, 9.17) is 5.73 Å². The van der Waals surface area contributed by atoms with Gasteiger partial charge in [-0.25, -0.2) is 14.5 Å². The Labute approximate surface area is 102 Å². The number of thiazole rings is 1. The maximum absolute atomic E-state index is 12.0. The summed E-state index contributed by atoms with van der Waals surface area (Å²) in [5, 5.41) is 6.73. The summed E-state index contributed by atoms with van der Waals surface area (Å²) in [5.41, 5.74) is 6.32. The molecular weight excluding hydrogens is 238 g/mol. The van der Waals surface area contributed by atoms with E-state index in [1.165, 1.54) is 16.0 Å². The van der Waals surface area contributed by atoms with Gasteiger partial charge in [0.15, 0.2) is 5.13 Å². The van der Waals surface area contributed by atoms with E-state index in [0.717, 1.165) is 37.3 Å². The summed E-state index contributed by atoms with van der Waals surface area (Å²) in [5.74, 6) is 0.893. The molecule has 6 nitrogen and oxygen atoms in total. The molecule has 90 valence electrons. The summed E-state index contributed by atoms with van der Waals surface area (Å²) in [6.07, 6.45) is 3.06. The largest absolute Gasteiger partial charge is 0.375 e. The standard InChI is InChI=1S/C10H13N5OS/c11-9-12-7(6-17-9)5-15-10(16)14-4-2-1-3-8(14)13-15/h6H,1-5H2,(H2,11,12). The second kappa shape index (κ2) is 3.99. The van der Waals surface area contributed by atoms with Gasteiger partial charge < -0.3 is 5.73 Å². The van der Waals surface area contributed by atoms with Crippen LogP contribution in [0, 0.1) is 0 Å². The summed E-state index contributed by atoms with van der Waals surface area (Å²) in [6, 6.07) is 0. The predicted octanol–water partition coefficient (Wildman–Crippen LogP) is 0.468. The van der Waals surface area contributed by atoms with Crippen molar-refractivity contribution in [3.8, 4) is 0 Å². The molecule has 1 aliphatic heterocycles. The van der Waals surface area contributed by atoms with Crippen LogP contribution in [0.25, 0.3) is 0 Å². The fourth-order valence-electron chi connectivity index (χ4n) is 2.10. The Balaban J connectivity index is 1.93. The molecule has 0 saturated heterocycles. The Hall–Kier alpha value is -1.63. The van der Waals surface area contributed by atoms with Crippen molar-refractivity contribution in [2.45, 2.75) is 32.4 Å². The molecule has 3 rings (SSSR count). The molecule has 0 aromatic carbocycles. The van der Waals surface area contributed by atoms with E-state index in [0.29, 0.717) is 11.7 Å². The first-order valence-electron chi connectivity index (χ1n) is 5.60. The highest BCUT2D eigenvalue weighted by atomic mass is 32.1. The summed E-state index contributed by atoms with van der Waals surface area (Å²) in [4.78, 5) is 16.2. The lowest BCUT2D eigenvalue weighted by molar-refractivity contribution is 0.511. The molecule has 0 radical (unpaired) electrons. The zero-order chi connectivity index (χ0) is 11.8. The number of hydrogen-bond acceptors (Lipinski definition) is 5. The molecule has 7 heteroatoms. The first-order valence-corrected chi connectivity index (χ1v) is 6.48. The number of nitrogens with zero attached hydrogens (tertiary/aromatic N) is 4. The number of aryl methyl sites for hydroxylation is 1. The second-order valence-electron chi connectivity index (χ2n) is 4.14. The molecule has 0 saturated carbocycles. The molecule has 0 aliphatic carbocycles. The van der Waals surface area contributed by atoms with Crippen molar-refractivity contribution in [2.75, 3.05) is 5.73 Å². The van der Waals surface area contributed by atoms with Crippen LogP contribution >= 0.6 is 11.3 Å². The third-order valence-electron chi connectivity index (χ3n) is 2.91. The number of hydrogen-bond donors (Lipinski definition) is 1. The van der Waals surface area contributed by atoms with Gasteiger partial charge in [-0.3, -0.25) is 4.57 Å². The van der Waals surface area contributed by atoms with Crippen molar-refractivity contribution in [3.05, 3.63) is 27.4 Å². The Morgan fingerprint density at radius 3 is 3.06 bits per heavy atom. The third kappa shape index (κ3) is 1.86. The van der Waals surface area contributed by atoms with Crippen LogP contribution in [0.1, 0.15) is 24.4 Å². The zero-order valence-corrected chi connectivity index (χ0v) is 10.1. The van der Waals surface area contributed by atoms with E-state index in [-0.39, 0.29) is 5.69 Å². The monoisotopic (exact) mass is 251 g/mol. The van der Waals surface area contributed by atoms with E-state index in [1.807, 2.05) is 5.38 Å². The molecule has 0 atom stereocenters. The van der Waals surface area contributed by atoms with Crippen LogP contribution in [-0.2, 0) is 19.5 Å². The van der Waals surface area contributed by atoms with Crippen LogP contribution < -0.4 is 11.4 Å². The maximum Gasteiger partial charge on any atom is 0.346 e. The minimum absolute atomic E-state index is 0.0359. The molecule has 0 spiro atoms. The van der Waals surface area contributed by atoms with E-state index >= 15 is 0 Å². The Bertz CT molecular complexity index is 596. The molecule has 2 aromatic rings. The average Bonchev–Trinajstić information content (AvgIpc) is 2.86. The van der Waals surface area contributed by atoms with Crippen LogP contribution in [0.4, 0.5) is 5.13 Å². The molecule has 17 heavy (non-hydrogen) atoms. The lowest BCUT2D eigenvalue weighted by Gasteiger charge is -2.09. The highest BCUT2D eigenvalue weighted by molar-refractivity contribution is 7.13. The molecule has 1 aliphatic rings. The van der Waals surface area contributed by atoms with Crippen molar-refractivity contribution < 1.29 is 0 Å². The molecule has 0 bridgehead atoms. The fourth-order valence-corrected chi connectivity index (χ4v) is 2.65. The van der Waals surface area contributed by atoms with Gasteiger partial charge in [0.05, 0.1) is 12.2 Å². The lowest BCUT2D eigenvalue weighted by atomic mass is 10.2. The van der Waals surface area contributed by atoms with Gasteiger partial charge in [-0.2, -0.15) is 5.10 Å². The van der Waals surface area contributed by atoms with Crippen LogP contribution in [-0.4, -0.2) is 19.3 Å². The van der Waals surface area contributed by atoms with Crippen LogP contribution in [0.5, 0.6) is 0 Å². The van der Waals surface area contributed by atoms with Gasteiger partial charge in [-0.05, 0) is 12.8 Å². The molecule has 3 heterocycles. The minimum atomic E-state index is -0.0359. The van der Waals surface area contributed by atoms with Crippen molar-refractivity contribution in [1.29, 1.82) is 0 Å². The SMILES string of the molecule is Nc1nc(Cn2nc3n(c2=O)CCCC3)cs1. The molecule has 0 unspecified atom stereocenters. The van der Waals surface area contributed by atoms with Gasteiger partial charge in [0, 0.05) is 18.3 Å². The summed E-state index contributed by atoms with van der Waals surface area (Å²) < 4.78 is 3.24. The minimum Gasteiger partial charge on any atom is -0.375 e. The van der Waals surface area contributed by atoms with Crippen molar-refractivity contribution >= 4 is 16.5 Å². The second-order valence-corrected chi connectivity index (χ2v) is 5.03. The molecule has 2 aromatic heterocycles. The highest BCUT2D eigenvalue weighted by Crippen LogP contribution is 2.13. The van der Waals surface area contributed by atoms with Crippen LogP contribution in [0.3, 0.4) is 0 Å². The van der Waals surface area contributed by atoms with Gasteiger partial charge in [-0.15, -0.1) is 11.3 Å².